The number of amides is 2. The highest BCUT2D eigenvalue weighted by molar-refractivity contribution is 6.18. The van der Waals surface area contributed by atoms with Gasteiger partial charge in [0.25, 0.3) is 0 Å². The number of carbonyl (C=O) groups excluding carboxylic acids is 2. The number of imide groups is 1. The molecule has 22 heavy (non-hydrogen) atoms. The van der Waals surface area contributed by atoms with Crippen molar-refractivity contribution in [2.24, 2.45) is 11.3 Å². The van der Waals surface area contributed by atoms with Crippen molar-refractivity contribution >= 4 is 17.5 Å². The van der Waals surface area contributed by atoms with Gasteiger partial charge in [0, 0.05) is 16.9 Å². The van der Waals surface area contributed by atoms with E-state index in [0.717, 1.165) is 11.1 Å². The Morgan fingerprint density at radius 1 is 1.27 bits per heavy atom. The van der Waals surface area contributed by atoms with E-state index in [4.69, 9.17) is 0 Å². The van der Waals surface area contributed by atoms with Crippen molar-refractivity contribution in [2.45, 2.75) is 34.1 Å². The molecule has 3 nitrogen and oxygen atoms in total. The number of benzene rings is 1. The molecule has 0 saturated carbocycles. The molecule has 0 aliphatic carbocycles. The first-order valence-corrected chi connectivity index (χ1v) is 7.38. The maximum Gasteiger partial charge on any atom is 0.239 e. The van der Waals surface area contributed by atoms with Crippen molar-refractivity contribution in [1.29, 1.82) is 0 Å². The topological polar surface area (TPSA) is 37.4 Å². The molecule has 1 aromatic rings. The Balaban J connectivity index is 2.34. The predicted molar refractivity (Wildman–Crippen MR) is 88.2 cm³/mol. The van der Waals surface area contributed by atoms with Crippen LogP contribution in [-0.4, -0.2) is 11.8 Å². The van der Waals surface area contributed by atoms with Crippen LogP contribution in [0.2, 0.25) is 0 Å². The van der Waals surface area contributed by atoms with Crippen LogP contribution >= 0.6 is 0 Å². The molecule has 0 N–H and O–H groups in total. The fourth-order valence-corrected chi connectivity index (χ4v) is 2.68. The van der Waals surface area contributed by atoms with Crippen molar-refractivity contribution in [2.75, 3.05) is 4.90 Å². The summed E-state index contributed by atoms with van der Waals surface area (Å²) in [6, 6.07) is 7.18. The minimum absolute atomic E-state index is 0.134. The molecule has 0 radical (unpaired) electrons. The zero-order chi connectivity index (χ0) is 16.5. The lowest BCUT2D eigenvalue weighted by Crippen LogP contribution is -2.53. The Morgan fingerprint density at radius 2 is 1.86 bits per heavy atom. The number of hydrogen-bond acceptors (Lipinski definition) is 2. The van der Waals surface area contributed by atoms with Gasteiger partial charge in [-0.15, -0.1) is 0 Å². The zero-order valence-corrected chi connectivity index (χ0v) is 13.6. The Hall–Kier alpha value is -2.34. The molecule has 1 heterocycles. The van der Waals surface area contributed by atoms with Crippen LogP contribution in [0.5, 0.6) is 0 Å². The maximum atomic E-state index is 12.6. The van der Waals surface area contributed by atoms with Crippen molar-refractivity contribution in [3.05, 3.63) is 42.0 Å². The van der Waals surface area contributed by atoms with Gasteiger partial charge in [-0.05, 0) is 43.2 Å². The van der Waals surface area contributed by atoms with Gasteiger partial charge in [0.1, 0.15) is 0 Å². The lowest BCUT2D eigenvalue weighted by Gasteiger charge is -2.38. The minimum atomic E-state index is -0.522. The van der Waals surface area contributed by atoms with Crippen molar-refractivity contribution in [1.82, 2.24) is 0 Å². The summed E-state index contributed by atoms with van der Waals surface area (Å²) in [5, 5.41) is 0. The van der Waals surface area contributed by atoms with E-state index in [1.165, 1.54) is 4.90 Å². The highest BCUT2D eigenvalue weighted by Crippen LogP contribution is 2.36. The minimum Gasteiger partial charge on any atom is -0.274 e. The second-order valence-corrected chi connectivity index (χ2v) is 6.55. The molecule has 1 aliphatic rings. The normalized spacial score (nSPS) is 20.4. The van der Waals surface area contributed by atoms with Crippen LogP contribution in [0.25, 0.3) is 0 Å². The van der Waals surface area contributed by atoms with E-state index in [1.54, 1.807) is 12.1 Å². The van der Waals surface area contributed by atoms with Crippen LogP contribution in [0.4, 0.5) is 5.69 Å². The fraction of sp³-hybridized carbons (Fsp3) is 0.368. The third-order valence-corrected chi connectivity index (χ3v) is 3.79. The van der Waals surface area contributed by atoms with E-state index >= 15 is 0 Å². The van der Waals surface area contributed by atoms with E-state index in [2.05, 4.69) is 18.4 Å². The van der Waals surface area contributed by atoms with Crippen LogP contribution in [0.1, 0.15) is 39.7 Å². The molecule has 2 amide bonds. The monoisotopic (exact) mass is 295 g/mol. The highest BCUT2D eigenvalue weighted by atomic mass is 16.2. The molecule has 1 unspecified atom stereocenters. The lowest BCUT2D eigenvalue weighted by atomic mass is 9.78. The first-order valence-electron chi connectivity index (χ1n) is 7.38. The van der Waals surface area contributed by atoms with Crippen LogP contribution in [0, 0.1) is 23.2 Å². The molecule has 1 fully saturated rings. The number of hydrogen-bond donors (Lipinski definition) is 0. The summed E-state index contributed by atoms with van der Waals surface area (Å²) in [7, 11) is 0. The van der Waals surface area contributed by atoms with Gasteiger partial charge >= 0.3 is 0 Å². The maximum absolute atomic E-state index is 12.6. The molecule has 1 atom stereocenters. The number of carbonyl (C=O) groups is 2. The standard InChI is InChI=1S/C19H21NO2/c1-13(2)6-7-15-8-10-16(11-9-15)20-17(21)14(3)12-19(4,5)18(20)22/h8-11,14H,1,12H2,2-5H3. The largest absolute Gasteiger partial charge is 0.274 e. The van der Waals surface area contributed by atoms with Crippen LogP contribution < -0.4 is 4.90 Å². The molecule has 0 spiro atoms. The Labute approximate surface area is 132 Å². The van der Waals surface area contributed by atoms with E-state index in [0.29, 0.717) is 12.1 Å². The molecule has 114 valence electrons. The van der Waals surface area contributed by atoms with Crippen LogP contribution in [-0.2, 0) is 9.59 Å². The molecule has 0 aromatic heterocycles. The number of allylic oxidation sites excluding steroid dienone is 1. The van der Waals surface area contributed by atoms with Crippen molar-refractivity contribution < 1.29 is 9.59 Å². The van der Waals surface area contributed by atoms with Gasteiger partial charge in [0.15, 0.2) is 0 Å². The molecular weight excluding hydrogens is 274 g/mol. The number of rotatable bonds is 1. The molecule has 1 aliphatic heterocycles. The summed E-state index contributed by atoms with van der Waals surface area (Å²) in [5.74, 6) is 5.46. The smallest absolute Gasteiger partial charge is 0.239 e. The molecule has 2 rings (SSSR count). The highest BCUT2D eigenvalue weighted by Gasteiger charge is 2.44. The average Bonchev–Trinajstić information content (AvgIpc) is 2.44. The average molecular weight is 295 g/mol. The molecule has 1 saturated heterocycles. The van der Waals surface area contributed by atoms with Gasteiger partial charge < -0.3 is 0 Å². The Morgan fingerprint density at radius 3 is 2.41 bits per heavy atom. The molecule has 0 bridgehead atoms. The first kappa shape index (κ1) is 16.0. The number of anilines is 1. The van der Waals surface area contributed by atoms with E-state index in [-0.39, 0.29) is 17.7 Å². The van der Waals surface area contributed by atoms with E-state index < -0.39 is 5.41 Å². The van der Waals surface area contributed by atoms with Crippen molar-refractivity contribution in [3.63, 3.8) is 0 Å². The molecule has 1 aromatic carbocycles. The Bertz CT molecular complexity index is 686. The summed E-state index contributed by atoms with van der Waals surface area (Å²) >= 11 is 0. The van der Waals surface area contributed by atoms with Gasteiger partial charge in [-0.25, -0.2) is 4.90 Å². The van der Waals surface area contributed by atoms with Gasteiger partial charge in [-0.1, -0.05) is 39.2 Å². The first-order chi connectivity index (χ1) is 10.2. The second-order valence-electron chi connectivity index (χ2n) is 6.55. The predicted octanol–water partition coefficient (Wildman–Crippen LogP) is 3.54. The lowest BCUT2D eigenvalue weighted by molar-refractivity contribution is -0.139. The summed E-state index contributed by atoms with van der Waals surface area (Å²) in [6.07, 6.45) is 0.587. The van der Waals surface area contributed by atoms with Gasteiger partial charge in [-0.3, -0.25) is 9.59 Å². The second kappa shape index (κ2) is 5.81. The van der Waals surface area contributed by atoms with Gasteiger partial charge in [0.2, 0.25) is 11.8 Å². The summed E-state index contributed by atoms with van der Waals surface area (Å²) in [4.78, 5) is 26.3. The fourth-order valence-electron chi connectivity index (χ4n) is 2.68. The Kier molecular flexibility index (Phi) is 4.23. The van der Waals surface area contributed by atoms with Crippen LogP contribution in [0.3, 0.4) is 0 Å². The quantitative estimate of drug-likeness (QED) is 0.587. The van der Waals surface area contributed by atoms with E-state index in [1.807, 2.05) is 39.8 Å². The molecule has 3 heteroatoms. The third kappa shape index (κ3) is 3.12. The zero-order valence-electron chi connectivity index (χ0n) is 13.6. The van der Waals surface area contributed by atoms with Crippen LogP contribution in [0.15, 0.2) is 36.4 Å². The number of piperidine rings is 1. The van der Waals surface area contributed by atoms with Gasteiger partial charge in [-0.2, -0.15) is 0 Å². The summed E-state index contributed by atoms with van der Waals surface area (Å²) in [6.45, 7) is 11.2. The molecular formula is C19H21NO2. The third-order valence-electron chi connectivity index (χ3n) is 3.79. The number of nitrogens with zero attached hydrogens (tertiary/aromatic N) is 1. The van der Waals surface area contributed by atoms with E-state index in [9.17, 15) is 9.59 Å². The summed E-state index contributed by atoms with van der Waals surface area (Å²) < 4.78 is 0. The van der Waals surface area contributed by atoms with Crippen molar-refractivity contribution in [3.8, 4) is 11.8 Å². The van der Waals surface area contributed by atoms with Gasteiger partial charge in [0.05, 0.1) is 5.69 Å². The summed E-state index contributed by atoms with van der Waals surface area (Å²) in [5.41, 5.74) is 1.71. The SMILES string of the molecule is C=C(C)C#Cc1ccc(N2C(=O)C(C)CC(C)(C)C2=O)cc1.